The molecule has 1 atom stereocenters. The molecule has 1 heterocycles. The first-order chi connectivity index (χ1) is 10.6. The maximum atomic E-state index is 12.3. The van der Waals surface area contributed by atoms with Crippen molar-refractivity contribution < 1.29 is 14.4 Å². The summed E-state index contributed by atoms with van der Waals surface area (Å²) in [6.45, 7) is 1.54. The molecule has 1 aliphatic rings. The van der Waals surface area contributed by atoms with Gasteiger partial charge in [-0.3, -0.25) is 19.3 Å². The van der Waals surface area contributed by atoms with E-state index in [4.69, 9.17) is 0 Å². The average Bonchev–Trinajstić information content (AvgIpc) is 2.79. The van der Waals surface area contributed by atoms with Gasteiger partial charge in [-0.05, 0) is 31.2 Å². The molecular formula is C17H14N2O3. The number of benzene rings is 2. The molecule has 0 fully saturated rings. The largest absolute Gasteiger partial charge is 0.324 e. The minimum Gasteiger partial charge on any atom is -0.324 e. The number of imide groups is 1. The summed E-state index contributed by atoms with van der Waals surface area (Å²) in [7, 11) is 0. The Bertz CT molecular complexity index is 721. The van der Waals surface area contributed by atoms with Crippen molar-refractivity contribution in [1.29, 1.82) is 0 Å². The molecule has 0 aliphatic carbocycles. The van der Waals surface area contributed by atoms with Crippen LogP contribution in [-0.2, 0) is 4.79 Å². The van der Waals surface area contributed by atoms with Crippen molar-refractivity contribution in [3.05, 3.63) is 65.7 Å². The highest BCUT2D eigenvalue weighted by molar-refractivity contribution is 6.23. The predicted molar refractivity (Wildman–Crippen MR) is 81.5 cm³/mol. The Labute approximate surface area is 127 Å². The van der Waals surface area contributed by atoms with E-state index in [-0.39, 0.29) is 0 Å². The standard InChI is InChI=1S/C17H14N2O3/c1-11(15(20)18-12-7-3-2-4-8-12)19-16(21)13-9-5-6-10-14(13)17(19)22/h2-11H,1H3,(H,18,20)/t11-/m0/s1. The zero-order chi connectivity index (χ0) is 15.7. The SMILES string of the molecule is C[C@@H](C(=O)Nc1ccccc1)N1C(=O)c2ccccc2C1=O. The Morgan fingerprint density at radius 1 is 0.909 bits per heavy atom. The van der Waals surface area contributed by atoms with Crippen LogP contribution in [0.3, 0.4) is 0 Å². The van der Waals surface area contributed by atoms with E-state index in [1.807, 2.05) is 6.07 Å². The number of hydrogen-bond acceptors (Lipinski definition) is 3. The van der Waals surface area contributed by atoms with E-state index >= 15 is 0 Å². The molecule has 5 heteroatoms. The number of amides is 3. The minimum atomic E-state index is -0.882. The molecule has 5 nitrogen and oxygen atoms in total. The molecule has 0 spiro atoms. The van der Waals surface area contributed by atoms with E-state index in [1.54, 1.807) is 55.5 Å². The van der Waals surface area contributed by atoms with Crippen LogP contribution in [0.1, 0.15) is 27.6 Å². The number of hydrogen-bond donors (Lipinski definition) is 1. The van der Waals surface area contributed by atoms with Crippen molar-refractivity contribution in [2.45, 2.75) is 13.0 Å². The summed E-state index contributed by atoms with van der Waals surface area (Å²) in [6.07, 6.45) is 0. The highest BCUT2D eigenvalue weighted by Gasteiger charge is 2.40. The molecular weight excluding hydrogens is 280 g/mol. The summed E-state index contributed by atoms with van der Waals surface area (Å²) in [6, 6.07) is 14.6. The molecule has 0 radical (unpaired) electrons. The molecule has 0 bridgehead atoms. The van der Waals surface area contributed by atoms with Crippen molar-refractivity contribution in [1.82, 2.24) is 4.90 Å². The number of para-hydroxylation sites is 1. The molecule has 3 amide bonds. The molecule has 110 valence electrons. The molecule has 1 N–H and O–H groups in total. The third kappa shape index (κ3) is 2.26. The molecule has 0 aromatic heterocycles. The average molecular weight is 294 g/mol. The number of carbonyl (C=O) groups is 3. The number of anilines is 1. The lowest BCUT2D eigenvalue weighted by Crippen LogP contribution is -2.45. The van der Waals surface area contributed by atoms with Crippen molar-refractivity contribution in [3.63, 3.8) is 0 Å². The predicted octanol–water partition coefficient (Wildman–Crippen LogP) is 2.31. The van der Waals surface area contributed by atoms with Gasteiger partial charge < -0.3 is 5.32 Å². The third-order valence-electron chi connectivity index (χ3n) is 3.63. The number of fused-ring (bicyclic) bond motifs is 1. The molecule has 2 aromatic rings. The Morgan fingerprint density at radius 3 is 1.95 bits per heavy atom. The zero-order valence-electron chi connectivity index (χ0n) is 11.9. The molecule has 2 aromatic carbocycles. The fraction of sp³-hybridized carbons (Fsp3) is 0.118. The first kappa shape index (κ1) is 14.0. The minimum absolute atomic E-state index is 0.340. The maximum absolute atomic E-state index is 12.3. The smallest absolute Gasteiger partial charge is 0.262 e. The van der Waals surface area contributed by atoms with Crippen molar-refractivity contribution >= 4 is 23.4 Å². The second-order valence-electron chi connectivity index (χ2n) is 5.06. The van der Waals surface area contributed by atoms with E-state index < -0.39 is 23.8 Å². The summed E-state index contributed by atoms with van der Waals surface area (Å²) in [5, 5.41) is 2.70. The van der Waals surface area contributed by atoms with Crippen LogP contribution in [0.5, 0.6) is 0 Å². The lowest BCUT2D eigenvalue weighted by Gasteiger charge is -2.21. The van der Waals surface area contributed by atoms with Gasteiger partial charge in [-0.1, -0.05) is 30.3 Å². The van der Waals surface area contributed by atoms with Gasteiger partial charge in [-0.15, -0.1) is 0 Å². The van der Waals surface area contributed by atoms with Crippen molar-refractivity contribution in [2.24, 2.45) is 0 Å². The van der Waals surface area contributed by atoms with Crippen molar-refractivity contribution in [2.75, 3.05) is 5.32 Å². The highest BCUT2D eigenvalue weighted by atomic mass is 16.2. The Morgan fingerprint density at radius 2 is 1.41 bits per heavy atom. The summed E-state index contributed by atoms with van der Waals surface area (Å²) in [5.74, 6) is -1.27. The fourth-order valence-electron chi connectivity index (χ4n) is 2.45. The highest BCUT2D eigenvalue weighted by Crippen LogP contribution is 2.24. The molecule has 0 unspecified atom stereocenters. The van der Waals surface area contributed by atoms with Crippen LogP contribution in [-0.4, -0.2) is 28.7 Å². The van der Waals surface area contributed by atoms with Gasteiger partial charge in [0.25, 0.3) is 11.8 Å². The van der Waals surface area contributed by atoms with Crippen LogP contribution < -0.4 is 5.32 Å². The van der Waals surface area contributed by atoms with Gasteiger partial charge in [-0.25, -0.2) is 0 Å². The van der Waals surface area contributed by atoms with Crippen LogP contribution in [0.25, 0.3) is 0 Å². The molecule has 22 heavy (non-hydrogen) atoms. The lowest BCUT2D eigenvalue weighted by molar-refractivity contribution is -0.119. The maximum Gasteiger partial charge on any atom is 0.262 e. The quantitative estimate of drug-likeness (QED) is 0.883. The lowest BCUT2D eigenvalue weighted by atomic mass is 10.1. The zero-order valence-corrected chi connectivity index (χ0v) is 11.9. The second-order valence-corrected chi connectivity index (χ2v) is 5.06. The Balaban J connectivity index is 1.81. The number of nitrogens with zero attached hydrogens (tertiary/aromatic N) is 1. The molecule has 1 aliphatic heterocycles. The van der Waals surface area contributed by atoms with Crippen LogP contribution >= 0.6 is 0 Å². The topological polar surface area (TPSA) is 66.5 Å². The van der Waals surface area contributed by atoms with Gasteiger partial charge in [0.15, 0.2) is 0 Å². The molecule has 3 rings (SSSR count). The number of carbonyl (C=O) groups excluding carboxylic acids is 3. The third-order valence-corrected chi connectivity index (χ3v) is 3.63. The Hall–Kier alpha value is -2.95. The summed E-state index contributed by atoms with van der Waals surface area (Å²) < 4.78 is 0. The van der Waals surface area contributed by atoms with Gasteiger partial charge in [-0.2, -0.15) is 0 Å². The van der Waals surface area contributed by atoms with Crippen LogP contribution in [0, 0.1) is 0 Å². The van der Waals surface area contributed by atoms with Crippen LogP contribution in [0.15, 0.2) is 54.6 Å². The van der Waals surface area contributed by atoms with E-state index in [1.165, 1.54) is 0 Å². The normalized spacial score (nSPS) is 14.7. The van der Waals surface area contributed by atoms with E-state index in [0.717, 1.165) is 4.90 Å². The first-order valence-corrected chi connectivity index (χ1v) is 6.92. The Kier molecular flexibility index (Phi) is 3.47. The van der Waals surface area contributed by atoms with Crippen LogP contribution in [0.4, 0.5) is 5.69 Å². The van der Waals surface area contributed by atoms with Gasteiger partial charge in [0, 0.05) is 5.69 Å². The van der Waals surface area contributed by atoms with E-state index in [2.05, 4.69) is 5.32 Å². The van der Waals surface area contributed by atoms with Gasteiger partial charge in [0.2, 0.25) is 5.91 Å². The second kappa shape index (κ2) is 5.44. The summed E-state index contributed by atoms with van der Waals surface area (Å²) in [5.41, 5.74) is 1.30. The van der Waals surface area contributed by atoms with Gasteiger partial charge in [0.1, 0.15) is 6.04 Å². The molecule has 0 saturated carbocycles. The van der Waals surface area contributed by atoms with Gasteiger partial charge in [0.05, 0.1) is 11.1 Å². The summed E-state index contributed by atoms with van der Waals surface area (Å²) >= 11 is 0. The fourth-order valence-corrected chi connectivity index (χ4v) is 2.45. The summed E-state index contributed by atoms with van der Waals surface area (Å²) in [4.78, 5) is 37.9. The monoisotopic (exact) mass is 294 g/mol. The van der Waals surface area contributed by atoms with Gasteiger partial charge >= 0.3 is 0 Å². The van der Waals surface area contributed by atoms with Crippen molar-refractivity contribution in [3.8, 4) is 0 Å². The number of rotatable bonds is 3. The first-order valence-electron chi connectivity index (χ1n) is 6.92. The van der Waals surface area contributed by atoms with E-state index in [9.17, 15) is 14.4 Å². The van der Waals surface area contributed by atoms with Crippen LogP contribution in [0.2, 0.25) is 0 Å². The number of nitrogens with one attached hydrogen (secondary N) is 1. The van der Waals surface area contributed by atoms with E-state index in [0.29, 0.717) is 16.8 Å². The molecule has 0 saturated heterocycles.